The highest BCUT2D eigenvalue weighted by molar-refractivity contribution is 5.99. The molecule has 0 spiro atoms. The molecule has 1 unspecified atom stereocenters. The molecule has 5 heteroatoms. The van der Waals surface area contributed by atoms with Crippen molar-refractivity contribution in [3.8, 4) is 11.5 Å². The second-order valence-electron chi connectivity index (χ2n) is 4.91. The Kier molecular flexibility index (Phi) is 5.48. The van der Waals surface area contributed by atoms with Crippen molar-refractivity contribution in [1.29, 1.82) is 0 Å². The summed E-state index contributed by atoms with van der Waals surface area (Å²) in [6, 6.07) is 5.20. The molecule has 0 heterocycles. The minimum atomic E-state index is 0.0226. The predicted molar refractivity (Wildman–Crippen MR) is 75.0 cm³/mol. The molecule has 1 aromatic carbocycles. The van der Waals surface area contributed by atoms with E-state index in [0.29, 0.717) is 23.0 Å². The van der Waals surface area contributed by atoms with E-state index in [9.17, 15) is 0 Å². The van der Waals surface area contributed by atoms with E-state index in [4.69, 9.17) is 20.4 Å². The average molecular weight is 266 g/mol. The third kappa shape index (κ3) is 4.35. The Balaban J connectivity index is 3.01. The van der Waals surface area contributed by atoms with Gasteiger partial charge in [0.1, 0.15) is 11.5 Å². The smallest absolute Gasteiger partial charge is 0.173 e. The molecule has 0 amide bonds. The molecule has 0 aliphatic carbocycles. The Morgan fingerprint density at radius 2 is 2.05 bits per heavy atom. The average Bonchev–Trinajstić information content (AvgIpc) is 2.36. The minimum absolute atomic E-state index is 0.0226. The summed E-state index contributed by atoms with van der Waals surface area (Å²) in [7, 11) is 1.58. The van der Waals surface area contributed by atoms with Gasteiger partial charge in [-0.15, -0.1) is 0 Å². The molecule has 1 atom stereocenters. The molecule has 0 aliphatic rings. The summed E-state index contributed by atoms with van der Waals surface area (Å²) in [5.74, 6) is 1.78. The standard InChI is InChI=1S/C14H22N2O3/c1-9(2)7-10(3)19-13-8-11(18-4)5-6-12(13)14(15)16-17/h5-6,8-10,17H,7H2,1-4H3,(H2,15,16). The highest BCUT2D eigenvalue weighted by Gasteiger charge is 2.14. The van der Waals surface area contributed by atoms with Gasteiger partial charge in [0.05, 0.1) is 18.8 Å². The van der Waals surface area contributed by atoms with Gasteiger partial charge in [-0.3, -0.25) is 0 Å². The molecule has 0 aromatic heterocycles. The molecule has 3 N–H and O–H groups in total. The zero-order valence-electron chi connectivity index (χ0n) is 11.9. The molecule has 5 nitrogen and oxygen atoms in total. The van der Waals surface area contributed by atoms with Crippen LogP contribution in [0.5, 0.6) is 11.5 Å². The van der Waals surface area contributed by atoms with Crippen molar-refractivity contribution in [1.82, 2.24) is 0 Å². The van der Waals surface area contributed by atoms with Crippen LogP contribution in [0.3, 0.4) is 0 Å². The predicted octanol–water partition coefficient (Wildman–Crippen LogP) is 2.60. The van der Waals surface area contributed by atoms with Crippen molar-refractivity contribution in [2.75, 3.05) is 7.11 Å². The Labute approximate surface area is 114 Å². The van der Waals surface area contributed by atoms with Crippen LogP contribution in [0.1, 0.15) is 32.8 Å². The second-order valence-corrected chi connectivity index (χ2v) is 4.91. The van der Waals surface area contributed by atoms with Crippen molar-refractivity contribution in [3.05, 3.63) is 23.8 Å². The second kappa shape index (κ2) is 6.87. The maximum atomic E-state index is 8.79. The van der Waals surface area contributed by atoms with E-state index in [2.05, 4.69) is 19.0 Å². The molecule has 0 bridgehead atoms. The summed E-state index contributed by atoms with van der Waals surface area (Å²) in [4.78, 5) is 0. The minimum Gasteiger partial charge on any atom is -0.497 e. The van der Waals surface area contributed by atoms with Crippen LogP contribution in [-0.2, 0) is 0 Å². The fourth-order valence-electron chi connectivity index (χ4n) is 1.92. The van der Waals surface area contributed by atoms with Gasteiger partial charge in [0, 0.05) is 6.07 Å². The summed E-state index contributed by atoms with van der Waals surface area (Å²) < 4.78 is 11.0. The molecule has 106 valence electrons. The first kappa shape index (κ1) is 15.1. The van der Waals surface area contributed by atoms with Gasteiger partial charge in [0.25, 0.3) is 0 Å². The van der Waals surface area contributed by atoms with Crippen LogP contribution in [0.25, 0.3) is 0 Å². The van der Waals surface area contributed by atoms with Gasteiger partial charge in [-0.1, -0.05) is 19.0 Å². The van der Waals surface area contributed by atoms with Gasteiger partial charge in [-0.2, -0.15) is 0 Å². The van der Waals surface area contributed by atoms with Crippen LogP contribution in [0, 0.1) is 5.92 Å². The van der Waals surface area contributed by atoms with E-state index in [0.717, 1.165) is 6.42 Å². The van der Waals surface area contributed by atoms with Gasteiger partial charge in [0.2, 0.25) is 0 Å². The number of rotatable bonds is 6. The van der Waals surface area contributed by atoms with Gasteiger partial charge < -0.3 is 20.4 Å². The summed E-state index contributed by atoms with van der Waals surface area (Å²) in [6.45, 7) is 6.27. The number of ether oxygens (including phenoxy) is 2. The number of nitrogens with two attached hydrogens (primary N) is 1. The van der Waals surface area contributed by atoms with Crippen LogP contribution < -0.4 is 15.2 Å². The van der Waals surface area contributed by atoms with Crippen molar-refractivity contribution in [2.24, 2.45) is 16.8 Å². The molecule has 0 saturated carbocycles. The van der Waals surface area contributed by atoms with Gasteiger partial charge >= 0.3 is 0 Å². The molecule has 0 saturated heterocycles. The number of hydrogen-bond acceptors (Lipinski definition) is 4. The SMILES string of the molecule is COc1ccc(/C(N)=N/O)c(OC(C)CC(C)C)c1. The monoisotopic (exact) mass is 266 g/mol. The Bertz CT molecular complexity index is 444. The van der Waals surface area contributed by atoms with E-state index < -0.39 is 0 Å². The number of benzene rings is 1. The molecule has 1 rings (SSSR count). The lowest BCUT2D eigenvalue weighted by Crippen LogP contribution is -2.19. The molecule has 19 heavy (non-hydrogen) atoms. The molecule has 0 radical (unpaired) electrons. The van der Waals surface area contributed by atoms with Crippen LogP contribution >= 0.6 is 0 Å². The molecular weight excluding hydrogens is 244 g/mol. The lowest BCUT2D eigenvalue weighted by molar-refractivity contribution is 0.192. The third-order valence-electron chi connectivity index (χ3n) is 2.70. The van der Waals surface area contributed by atoms with Gasteiger partial charge in [-0.05, 0) is 31.4 Å². The Morgan fingerprint density at radius 3 is 2.58 bits per heavy atom. The number of oxime groups is 1. The normalized spacial score (nSPS) is 13.4. The first-order chi connectivity index (χ1) is 8.97. The van der Waals surface area contributed by atoms with Crippen LogP contribution in [0.4, 0.5) is 0 Å². The number of nitrogens with zero attached hydrogens (tertiary/aromatic N) is 1. The highest BCUT2D eigenvalue weighted by Crippen LogP contribution is 2.26. The molecule has 0 aliphatic heterocycles. The van der Waals surface area contributed by atoms with Crippen LogP contribution in [0.15, 0.2) is 23.4 Å². The maximum absolute atomic E-state index is 8.79. The summed E-state index contributed by atoms with van der Waals surface area (Å²) >= 11 is 0. The van der Waals surface area contributed by atoms with Gasteiger partial charge in [-0.25, -0.2) is 0 Å². The topological polar surface area (TPSA) is 77.1 Å². The van der Waals surface area contributed by atoms with E-state index in [-0.39, 0.29) is 11.9 Å². The van der Waals surface area contributed by atoms with Crippen molar-refractivity contribution in [3.63, 3.8) is 0 Å². The van der Waals surface area contributed by atoms with E-state index in [1.54, 1.807) is 25.3 Å². The largest absolute Gasteiger partial charge is 0.497 e. The summed E-state index contributed by atoms with van der Waals surface area (Å²) in [5.41, 5.74) is 6.20. The van der Waals surface area contributed by atoms with Crippen molar-refractivity contribution in [2.45, 2.75) is 33.3 Å². The zero-order valence-corrected chi connectivity index (χ0v) is 11.9. The zero-order chi connectivity index (χ0) is 14.4. The van der Waals surface area contributed by atoms with Gasteiger partial charge in [0.15, 0.2) is 5.84 Å². The van der Waals surface area contributed by atoms with Crippen molar-refractivity contribution < 1.29 is 14.7 Å². The lowest BCUT2D eigenvalue weighted by atomic mass is 10.1. The first-order valence-corrected chi connectivity index (χ1v) is 6.30. The Morgan fingerprint density at radius 1 is 1.37 bits per heavy atom. The van der Waals surface area contributed by atoms with Crippen LogP contribution in [0.2, 0.25) is 0 Å². The molecular formula is C14H22N2O3. The molecule has 0 fully saturated rings. The third-order valence-corrected chi connectivity index (χ3v) is 2.70. The van der Waals surface area contributed by atoms with E-state index >= 15 is 0 Å². The number of hydrogen-bond donors (Lipinski definition) is 2. The fraction of sp³-hybridized carbons (Fsp3) is 0.500. The quantitative estimate of drug-likeness (QED) is 0.359. The molecule has 1 aromatic rings. The van der Waals surface area contributed by atoms with Crippen molar-refractivity contribution >= 4 is 5.84 Å². The fourth-order valence-corrected chi connectivity index (χ4v) is 1.92. The Hall–Kier alpha value is -1.91. The highest BCUT2D eigenvalue weighted by atomic mass is 16.5. The van der Waals surface area contributed by atoms with Crippen LogP contribution in [-0.4, -0.2) is 24.3 Å². The lowest BCUT2D eigenvalue weighted by Gasteiger charge is -2.19. The summed E-state index contributed by atoms with van der Waals surface area (Å²) in [5, 5.41) is 11.8. The van der Waals surface area contributed by atoms with E-state index in [1.165, 1.54) is 0 Å². The summed E-state index contributed by atoms with van der Waals surface area (Å²) in [6.07, 6.45) is 0.963. The number of methoxy groups -OCH3 is 1. The maximum Gasteiger partial charge on any atom is 0.173 e. The first-order valence-electron chi connectivity index (χ1n) is 6.30. The van der Waals surface area contributed by atoms with E-state index in [1.807, 2.05) is 6.92 Å². The number of amidine groups is 1.